The zero-order valence-electron chi connectivity index (χ0n) is 4.37. The van der Waals surface area contributed by atoms with Crippen LogP contribution in [0, 0.1) is 0 Å². The molecule has 5 heteroatoms. The Morgan fingerprint density at radius 1 is 1.88 bits per heavy atom. The van der Waals surface area contributed by atoms with Gasteiger partial charge < -0.3 is 16.5 Å². The van der Waals surface area contributed by atoms with Gasteiger partial charge in [-0.3, -0.25) is 4.79 Å². The van der Waals surface area contributed by atoms with E-state index in [-0.39, 0.29) is 6.32 Å². The molecule has 0 aromatic rings. The highest BCUT2D eigenvalue weighted by atomic mass is 16.4. The first-order chi connectivity index (χ1) is 3.68. The SMILES string of the molecule is N[B]CC(N)C(=O)O. The van der Waals surface area contributed by atoms with E-state index in [4.69, 9.17) is 16.5 Å². The maximum atomic E-state index is 9.89. The van der Waals surface area contributed by atoms with Crippen molar-refractivity contribution in [2.75, 3.05) is 0 Å². The van der Waals surface area contributed by atoms with Gasteiger partial charge in [0, 0.05) is 0 Å². The summed E-state index contributed by atoms with van der Waals surface area (Å²) < 4.78 is 0. The Labute approximate surface area is 48.1 Å². The van der Waals surface area contributed by atoms with E-state index < -0.39 is 12.0 Å². The first-order valence-electron chi connectivity index (χ1n) is 2.20. The van der Waals surface area contributed by atoms with E-state index in [2.05, 4.69) is 0 Å². The minimum absolute atomic E-state index is 0.218. The number of carboxylic acid groups (broad SMARTS) is 1. The Morgan fingerprint density at radius 3 is 2.50 bits per heavy atom. The first kappa shape index (κ1) is 7.45. The Hall–Kier alpha value is -0.545. The smallest absolute Gasteiger partial charge is 0.319 e. The summed E-state index contributed by atoms with van der Waals surface area (Å²) in [6, 6.07) is -0.847. The van der Waals surface area contributed by atoms with E-state index in [0.29, 0.717) is 0 Å². The largest absolute Gasteiger partial charge is 0.480 e. The van der Waals surface area contributed by atoms with E-state index in [1.807, 2.05) is 0 Å². The third-order valence-electron chi connectivity index (χ3n) is 0.707. The average molecular weight is 115 g/mol. The van der Waals surface area contributed by atoms with Crippen molar-refractivity contribution in [1.82, 2.24) is 0 Å². The molecule has 45 valence electrons. The van der Waals surface area contributed by atoms with Gasteiger partial charge in [0.25, 0.3) is 0 Å². The van der Waals surface area contributed by atoms with Crippen molar-refractivity contribution >= 4 is 13.4 Å². The highest BCUT2D eigenvalue weighted by Crippen LogP contribution is 1.82. The average Bonchev–Trinajstić information content (AvgIpc) is 1.67. The molecule has 0 heterocycles. The molecular weight excluding hydrogens is 107 g/mol. The molecule has 0 fully saturated rings. The van der Waals surface area contributed by atoms with Crippen LogP contribution in [0.1, 0.15) is 0 Å². The second-order valence-corrected chi connectivity index (χ2v) is 1.42. The fourth-order valence-corrected chi connectivity index (χ4v) is 0.247. The second-order valence-electron chi connectivity index (χ2n) is 1.42. The van der Waals surface area contributed by atoms with Gasteiger partial charge in [0.2, 0.25) is 7.41 Å². The van der Waals surface area contributed by atoms with Crippen molar-refractivity contribution in [2.24, 2.45) is 11.4 Å². The van der Waals surface area contributed by atoms with Gasteiger partial charge in [-0.25, -0.2) is 0 Å². The summed E-state index contributed by atoms with van der Waals surface area (Å²) in [7, 11) is 1.23. The molecule has 0 aromatic heterocycles. The maximum Gasteiger partial charge on any atom is 0.319 e. The molecule has 1 radical (unpaired) electrons. The topological polar surface area (TPSA) is 89.3 Å². The van der Waals surface area contributed by atoms with Crippen molar-refractivity contribution in [3.8, 4) is 0 Å². The first-order valence-corrected chi connectivity index (χ1v) is 2.20. The lowest BCUT2D eigenvalue weighted by molar-refractivity contribution is -0.138. The fraction of sp³-hybridized carbons (Fsp3) is 0.667. The van der Waals surface area contributed by atoms with Crippen LogP contribution in [-0.2, 0) is 4.79 Å². The fourth-order valence-electron chi connectivity index (χ4n) is 0.247. The van der Waals surface area contributed by atoms with Crippen LogP contribution in [0.25, 0.3) is 0 Å². The number of rotatable bonds is 3. The van der Waals surface area contributed by atoms with Gasteiger partial charge in [0.15, 0.2) is 0 Å². The van der Waals surface area contributed by atoms with Crippen LogP contribution in [0.4, 0.5) is 0 Å². The quantitative estimate of drug-likeness (QED) is 0.386. The van der Waals surface area contributed by atoms with Crippen LogP contribution in [-0.4, -0.2) is 24.5 Å². The lowest BCUT2D eigenvalue weighted by atomic mass is 9.87. The number of carbonyl (C=O) groups is 1. The minimum atomic E-state index is -1.02. The molecule has 5 N–H and O–H groups in total. The van der Waals surface area contributed by atoms with Crippen LogP contribution < -0.4 is 11.4 Å². The zero-order valence-corrected chi connectivity index (χ0v) is 4.37. The molecule has 0 amide bonds. The molecule has 4 nitrogen and oxygen atoms in total. The Bertz CT molecular complexity index is 87.4. The molecule has 1 unspecified atom stereocenters. The predicted octanol–water partition coefficient (Wildman–Crippen LogP) is -1.61. The summed E-state index contributed by atoms with van der Waals surface area (Å²) in [5.41, 5.74) is 9.92. The highest BCUT2D eigenvalue weighted by Gasteiger charge is 2.08. The Kier molecular flexibility index (Phi) is 3.22. The standard InChI is InChI=1S/C3H8BN2O2/c5-2(1-4-6)3(7)8/h2H,1,5-6H2,(H,7,8). The Morgan fingerprint density at radius 2 is 2.38 bits per heavy atom. The molecular formula is C3H8BN2O2. The van der Waals surface area contributed by atoms with Gasteiger partial charge in [-0.1, -0.05) is 0 Å². The summed E-state index contributed by atoms with van der Waals surface area (Å²) in [6.07, 6.45) is 0.218. The molecule has 0 rings (SSSR count). The van der Waals surface area contributed by atoms with Crippen molar-refractivity contribution in [2.45, 2.75) is 12.4 Å². The normalized spacial score (nSPS) is 12.8. The predicted molar refractivity (Wildman–Crippen MR) is 30.4 cm³/mol. The lowest BCUT2D eigenvalue weighted by Gasteiger charge is -1.99. The summed E-state index contributed by atoms with van der Waals surface area (Å²) >= 11 is 0. The van der Waals surface area contributed by atoms with Crippen molar-refractivity contribution in [3.05, 3.63) is 0 Å². The van der Waals surface area contributed by atoms with Gasteiger partial charge in [-0.05, 0) is 6.32 Å². The molecule has 8 heavy (non-hydrogen) atoms. The molecule has 0 aliphatic carbocycles. The monoisotopic (exact) mass is 115 g/mol. The van der Waals surface area contributed by atoms with E-state index in [0.717, 1.165) is 0 Å². The van der Waals surface area contributed by atoms with E-state index in [9.17, 15) is 4.79 Å². The molecule has 0 saturated heterocycles. The Balaban J connectivity index is 3.32. The summed E-state index contributed by atoms with van der Waals surface area (Å²) in [5.74, 6) is -1.02. The van der Waals surface area contributed by atoms with Gasteiger partial charge in [-0.2, -0.15) is 0 Å². The minimum Gasteiger partial charge on any atom is -0.480 e. The number of nitrogens with two attached hydrogens (primary N) is 2. The van der Waals surface area contributed by atoms with Crippen molar-refractivity contribution in [1.29, 1.82) is 0 Å². The summed E-state index contributed by atoms with van der Waals surface area (Å²) in [6.45, 7) is 0. The second kappa shape index (κ2) is 3.46. The van der Waals surface area contributed by atoms with Gasteiger partial charge in [0.1, 0.15) is 0 Å². The lowest BCUT2D eigenvalue weighted by Crippen LogP contribution is -2.32. The van der Waals surface area contributed by atoms with Crippen LogP contribution in [0.3, 0.4) is 0 Å². The molecule has 0 spiro atoms. The van der Waals surface area contributed by atoms with E-state index in [1.54, 1.807) is 0 Å². The third-order valence-corrected chi connectivity index (χ3v) is 0.707. The number of hydrogen-bond donors (Lipinski definition) is 3. The molecule has 0 aromatic carbocycles. The van der Waals surface area contributed by atoms with Crippen LogP contribution in [0.15, 0.2) is 0 Å². The molecule has 0 bridgehead atoms. The highest BCUT2D eigenvalue weighted by molar-refractivity contribution is 6.31. The molecule has 0 aliphatic rings. The third kappa shape index (κ3) is 2.60. The zero-order chi connectivity index (χ0) is 6.57. The van der Waals surface area contributed by atoms with E-state index in [1.165, 1.54) is 7.41 Å². The number of aliphatic carboxylic acids is 1. The molecule has 0 saturated carbocycles. The van der Waals surface area contributed by atoms with Crippen LogP contribution in [0.2, 0.25) is 6.32 Å². The molecule has 0 aliphatic heterocycles. The van der Waals surface area contributed by atoms with Gasteiger partial charge >= 0.3 is 5.97 Å². The van der Waals surface area contributed by atoms with Gasteiger partial charge in [0.05, 0.1) is 6.04 Å². The number of hydrogen-bond acceptors (Lipinski definition) is 3. The summed E-state index contributed by atoms with van der Waals surface area (Å²) in [5, 5.41) is 8.11. The van der Waals surface area contributed by atoms with E-state index >= 15 is 0 Å². The van der Waals surface area contributed by atoms with Crippen molar-refractivity contribution < 1.29 is 9.90 Å². The van der Waals surface area contributed by atoms with Crippen LogP contribution >= 0.6 is 0 Å². The van der Waals surface area contributed by atoms with Crippen LogP contribution in [0.5, 0.6) is 0 Å². The number of carboxylic acids is 1. The summed E-state index contributed by atoms with van der Waals surface area (Å²) in [4.78, 5) is 9.89. The van der Waals surface area contributed by atoms with Gasteiger partial charge in [-0.15, -0.1) is 0 Å². The van der Waals surface area contributed by atoms with Crippen molar-refractivity contribution in [3.63, 3.8) is 0 Å². The molecule has 1 atom stereocenters. The maximum absolute atomic E-state index is 9.89.